The van der Waals surface area contributed by atoms with Gasteiger partial charge in [-0.3, -0.25) is 0 Å². The predicted octanol–water partition coefficient (Wildman–Crippen LogP) is 2.61. The van der Waals surface area contributed by atoms with Crippen molar-refractivity contribution < 1.29 is 0 Å². The maximum atomic E-state index is 5.81. The lowest BCUT2D eigenvalue weighted by Crippen LogP contribution is -2.04. The van der Waals surface area contributed by atoms with Gasteiger partial charge in [0, 0.05) is 12.6 Å². The Hall–Kier alpha value is -0.540. The van der Waals surface area contributed by atoms with Crippen molar-refractivity contribution >= 4 is 28.9 Å². The minimum absolute atomic E-state index is 0.364. The molecule has 1 heterocycles. The van der Waals surface area contributed by atoms with E-state index in [4.69, 9.17) is 23.2 Å². The summed E-state index contributed by atoms with van der Waals surface area (Å²) in [6.07, 6.45) is 2.60. The van der Waals surface area contributed by atoms with Crippen LogP contribution in [-0.2, 0) is 0 Å². The van der Waals surface area contributed by atoms with E-state index in [0.717, 1.165) is 18.2 Å². The van der Waals surface area contributed by atoms with Crippen LogP contribution in [0.3, 0.4) is 0 Å². The van der Waals surface area contributed by atoms with Crippen LogP contribution in [0.4, 0.5) is 5.69 Å². The summed E-state index contributed by atoms with van der Waals surface area (Å²) in [5, 5.41) is 11.3. The van der Waals surface area contributed by atoms with E-state index in [1.165, 1.54) is 12.8 Å². The van der Waals surface area contributed by atoms with Gasteiger partial charge in [0.1, 0.15) is 0 Å². The Morgan fingerprint density at radius 3 is 2.85 bits per heavy atom. The van der Waals surface area contributed by atoms with E-state index < -0.39 is 0 Å². The first-order valence-corrected chi connectivity index (χ1v) is 4.94. The lowest BCUT2D eigenvalue weighted by atomic mass is 10.4. The molecule has 0 saturated heterocycles. The number of hydrogen-bond acceptors (Lipinski definition) is 3. The van der Waals surface area contributed by atoms with Crippen LogP contribution in [0.1, 0.15) is 12.8 Å². The second-order valence-electron chi connectivity index (χ2n) is 3.20. The van der Waals surface area contributed by atoms with E-state index >= 15 is 0 Å². The molecule has 1 saturated carbocycles. The van der Waals surface area contributed by atoms with Crippen LogP contribution in [0, 0.1) is 5.92 Å². The molecule has 5 heteroatoms. The Bertz CT molecular complexity index is 312. The molecule has 3 nitrogen and oxygen atoms in total. The quantitative estimate of drug-likeness (QED) is 0.847. The number of rotatable bonds is 3. The first-order chi connectivity index (χ1) is 6.25. The normalized spacial score (nSPS) is 15.8. The molecule has 0 bridgehead atoms. The highest BCUT2D eigenvalue weighted by atomic mass is 35.5. The number of aromatic nitrogens is 2. The molecule has 1 aliphatic rings. The Morgan fingerprint density at radius 1 is 1.38 bits per heavy atom. The summed E-state index contributed by atoms with van der Waals surface area (Å²) in [6.45, 7) is 0.946. The molecule has 0 amide bonds. The van der Waals surface area contributed by atoms with Crippen molar-refractivity contribution in [3.8, 4) is 0 Å². The van der Waals surface area contributed by atoms with Gasteiger partial charge in [-0.05, 0) is 18.8 Å². The molecule has 70 valence electrons. The van der Waals surface area contributed by atoms with Gasteiger partial charge >= 0.3 is 0 Å². The van der Waals surface area contributed by atoms with Crippen molar-refractivity contribution in [2.75, 3.05) is 11.9 Å². The van der Waals surface area contributed by atoms with E-state index in [2.05, 4.69) is 15.5 Å². The van der Waals surface area contributed by atoms with Crippen LogP contribution in [0.15, 0.2) is 6.07 Å². The monoisotopic (exact) mass is 217 g/mol. The molecule has 2 rings (SSSR count). The zero-order valence-corrected chi connectivity index (χ0v) is 8.44. The highest BCUT2D eigenvalue weighted by molar-refractivity contribution is 6.33. The average molecular weight is 218 g/mol. The molecule has 1 N–H and O–H groups in total. The molecule has 1 aromatic rings. The number of hydrogen-bond donors (Lipinski definition) is 1. The van der Waals surface area contributed by atoms with Crippen molar-refractivity contribution in [2.24, 2.45) is 5.92 Å². The van der Waals surface area contributed by atoms with Gasteiger partial charge in [-0.1, -0.05) is 23.2 Å². The average Bonchev–Trinajstić information content (AvgIpc) is 2.90. The van der Waals surface area contributed by atoms with Crippen LogP contribution in [0.5, 0.6) is 0 Å². The molecule has 1 fully saturated rings. The number of nitrogens with one attached hydrogen (secondary N) is 1. The summed E-state index contributed by atoms with van der Waals surface area (Å²) in [7, 11) is 0. The lowest BCUT2D eigenvalue weighted by Gasteiger charge is -2.05. The molecule has 0 radical (unpaired) electrons. The van der Waals surface area contributed by atoms with E-state index in [1.807, 2.05) is 0 Å². The fourth-order valence-electron chi connectivity index (χ4n) is 1.05. The summed E-state index contributed by atoms with van der Waals surface area (Å²) in [5.41, 5.74) is 0.772. The Morgan fingerprint density at radius 2 is 2.15 bits per heavy atom. The maximum Gasteiger partial charge on any atom is 0.174 e. The van der Waals surface area contributed by atoms with Crippen molar-refractivity contribution in [1.29, 1.82) is 0 Å². The van der Waals surface area contributed by atoms with Crippen LogP contribution in [-0.4, -0.2) is 16.7 Å². The van der Waals surface area contributed by atoms with Crippen molar-refractivity contribution in [3.05, 3.63) is 16.4 Å². The van der Waals surface area contributed by atoms with E-state index in [0.29, 0.717) is 10.3 Å². The van der Waals surface area contributed by atoms with Crippen LogP contribution >= 0.6 is 23.2 Å². The second-order valence-corrected chi connectivity index (χ2v) is 3.94. The minimum Gasteiger partial charge on any atom is -0.382 e. The van der Waals surface area contributed by atoms with Gasteiger partial charge in [-0.25, -0.2) is 0 Å². The number of anilines is 1. The molecule has 1 aliphatic carbocycles. The summed E-state index contributed by atoms with van der Waals surface area (Å²) < 4.78 is 0. The summed E-state index contributed by atoms with van der Waals surface area (Å²) >= 11 is 11.5. The van der Waals surface area contributed by atoms with Gasteiger partial charge in [0.05, 0.1) is 5.69 Å². The van der Waals surface area contributed by atoms with Crippen LogP contribution < -0.4 is 5.32 Å². The molecular formula is C8H9Cl2N3. The summed E-state index contributed by atoms with van der Waals surface area (Å²) in [4.78, 5) is 0. The molecular weight excluding hydrogens is 209 g/mol. The Balaban J connectivity index is 2.03. The van der Waals surface area contributed by atoms with Gasteiger partial charge in [0.15, 0.2) is 10.3 Å². The van der Waals surface area contributed by atoms with Crippen molar-refractivity contribution in [2.45, 2.75) is 12.8 Å². The third-order valence-electron chi connectivity index (χ3n) is 2.00. The third-order valence-corrected chi connectivity index (χ3v) is 2.46. The van der Waals surface area contributed by atoms with Crippen molar-refractivity contribution in [3.63, 3.8) is 0 Å². The van der Waals surface area contributed by atoms with Crippen LogP contribution in [0.25, 0.3) is 0 Å². The zero-order chi connectivity index (χ0) is 9.26. The fraction of sp³-hybridized carbons (Fsp3) is 0.500. The third kappa shape index (κ3) is 2.45. The molecule has 0 aromatic carbocycles. The molecule has 13 heavy (non-hydrogen) atoms. The van der Waals surface area contributed by atoms with E-state index in [-0.39, 0.29) is 0 Å². The smallest absolute Gasteiger partial charge is 0.174 e. The topological polar surface area (TPSA) is 37.8 Å². The molecule has 0 aliphatic heterocycles. The maximum absolute atomic E-state index is 5.81. The standard InChI is InChI=1S/C8H9Cl2N3/c9-7-3-6(8(10)13-12-7)11-4-5-1-2-5/h3,5H,1-2,4H2,(H,11,12). The highest BCUT2D eigenvalue weighted by Gasteiger charge is 2.21. The summed E-state index contributed by atoms with van der Waals surface area (Å²) in [5.74, 6) is 0.794. The van der Waals surface area contributed by atoms with Gasteiger partial charge in [0.25, 0.3) is 0 Å². The SMILES string of the molecule is Clc1cc(NCC2CC2)c(Cl)nn1. The van der Waals surface area contributed by atoms with Gasteiger partial charge in [-0.2, -0.15) is 0 Å². The fourth-order valence-corrected chi connectivity index (χ4v) is 1.36. The second kappa shape index (κ2) is 3.68. The van der Waals surface area contributed by atoms with Gasteiger partial charge < -0.3 is 5.32 Å². The van der Waals surface area contributed by atoms with Crippen molar-refractivity contribution in [1.82, 2.24) is 10.2 Å². The Labute approximate surface area is 86.4 Å². The van der Waals surface area contributed by atoms with E-state index in [9.17, 15) is 0 Å². The Kier molecular flexibility index (Phi) is 2.56. The first kappa shape index (κ1) is 9.03. The van der Waals surface area contributed by atoms with Gasteiger partial charge in [-0.15, -0.1) is 10.2 Å². The lowest BCUT2D eigenvalue weighted by molar-refractivity contribution is 0.885. The molecule has 0 unspecified atom stereocenters. The van der Waals surface area contributed by atoms with Crippen LogP contribution in [0.2, 0.25) is 10.3 Å². The number of nitrogens with zero attached hydrogens (tertiary/aromatic N) is 2. The first-order valence-electron chi connectivity index (χ1n) is 4.18. The molecule has 0 spiro atoms. The van der Waals surface area contributed by atoms with E-state index in [1.54, 1.807) is 6.07 Å². The number of halogens is 2. The minimum atomic E-state index is 0.364. The largest absolute Gasteiger partial charge is 0.382 e. The van der Waals surface area contributed by atoms with Gasteiger partial charge in [0.2, 0.25) is 0 Å². The molecule has 1 aromatic heterocycles. The summed E-state index contributed by atoms with van der Waals surface area (Å²) in [6, 6.07) is 1.69. The predicted molar refractivity (Wildman–Crippen MR) is 53.3 cm³/mol. The zero-order valence-electron chi connectivity index (χ0n) is 6.93. The molecule has 0 atom stereocenters. The highest BCUT2D eigenvalue weighted by Crippen LogP contribution is 2.30.